The van der Waals surface area contributed by atoms with Gasteiger partial charge in [-0.1, -0.05) is 47.5 Å². The van der Waals surface area contributed by atoms with Gasteiger partial charge in [-0.05, 0) is 23.8 Å². The highest BCUT2D eigenvalue weighted by Crippen LogP contribution is 2.31. The third-order valence-corrected chi connectivity index (χ3v) is 4.38. The maximum atomic E-state index is 12.3. The second-order valence-electron chi connectivity index (χ2n) is 5.22. The maximum Gasteiger partial charge on any atom is 0.224 e. The number of hydrogen-bond donors (Lipinski definition) is 1. The lowest BCUT2D eigenvalue weighted by Gasteiger charge is -2.26. The summed E-state index contributed by atoms with van der Waals surface area (Å²) in [5.41, 5.74) is 1.86. The van der Waals surface area contributed by atoms with Crippen LogP contribution in [0.1, 0.15) is 23.6 Å². The van der Waals surface area contributed by atoms with Crippen LogP contribution in [0, 0.1) is 0 Å². The standard InChI is InChI=1S/C17H15Cl2NO2/c18-13-6-5-11(9-14(13)19)10-17(21)20-15-7-8-22-16-4-2-1-3-12(15)16/h1-6,9,15H,7-8,10H2,(H,20,21). The third kappa shape index (κ3) is 3.37. The number of ether oxygens (including phenoxy) is 1. The summed E-state index contributed by atoms with van der Waals surface area (Å²) in [6.07, 6.45) is 1.04. The fraction of sp³-hybridized carbons (Fsp3) is 0.235. The highest BCUT2D eigenvalue weighted by molar-refractivity contribution is 6.42. The highest BCUT2D eigenvalue weighted by atomic mass is 35.5. The molecule has 3 rings (SSSR count). The quantitative estimate of drug-likeness (QED) is 0.913. The largest absolute Gasteiger partial charge is 0.493 e. The molecule has 5 heteroatoms. The van der Waals surface area contributed by atoms with Crippen molar-refractivity contribution in [1.82, 2.24) is 5.32 Å². The van der Waals surface area contributed by atoms with Crippen LogP contribution >= 0.6 is 23.2 Å². The van der Waals surface area contributed by atoms with E-state index in [4.69, 9.17) is 27.9 Å². The normalized spacial score (nSPS) is 16.5. The zero-order chi connectivity index (χ0) is 15.5. The molecule has 0 bridgehead atoms. The van der Waals surface area contributed by atoms with Crippen LogP contribution in [0.3, 0.4) is 0 Å². The van der Waals surface area contributed by atoms with Crippen LogP contribution in [0.4, 0.5) is 0 Å². The van der Waals surface area contributed by atoms with Crippen molar-refractivity contribution in [3.05, 3.63) is 63.6 Å². The average molecular weight is 336 g/mol. The SMILES string of the molecule is O=C(Cc1ccc(Cl)c(Cl)c1)NC1CCOc2ccccc21. The fourth-order valence-corrected chi connectivity index (χ4v) is 2.89. The lowest BCUT2D eigenvalue weighted by atomic mass is 10.00. The Hall–Kier alpha value is -1.71. The van der Waals surface area contributed by atoms with Crippen LogP contribution in [0.25, 0.3) is 0 Å². The van der Waals surface area contributed by atoms with Crippen molar-refractivity contribution in [2.24, 2.45) is 0 Å². The van der Waals surface area contributed by atoms with E-state index in [9.17, 15) is 4.79 Å². The molecule has 1 aliphatic heterocycles. The Labute approximate surface area is 139 Å². The summed E-state index contributed by atoms with van der Waals surface area (Å²) in [6.45, 7) is 0.606. The Morgan fingerprint density at radius 2 is 2.00 bits per heavy atom. The second-order valence-corrected chi connectivity index (χ2v) is 6.03. The van der Waals surface area contributed by atoms with Gasteiger partial charge in [-0.15, -0.1) is 0 Å². The van der Waals surface area contributed by atoms with Gasteiger partial charge in [-0.25, -0.2) is 0 Å². The monoisotopic (exact) mass is 335 g/mol. The summed E-state index contributed by atoms with van der Waals surface area (Å²) >= 11 is 11.9. The third-order valence-electron chi connectivity index (χ3n) is 3.64. The molecule has 0 aliphatic carbocycles. The Morgan fingerprint density at radius 1 is 1.18 bits per heavy atom. The molecule has 0 radical (unpaired) electrons. The van der Waals surface area contributed by atoms with Gasteiger partial charge in [0.2, 0.25) is 5.91 Å². The number of carbonyl (C=O) groups is 1. The summed E-state index contributed by atoms with van der Waals surface area (Å²) in [6, 6.07) is 13.0. The smallest absolute Gasteiger partial charge is 0.224 e. The van der Waals surface area contributed by atoms with Crippen LogP contribution in [0.2, 0.25) is 10.0 Å². The molecule has 114 valence electrons. The van der Waals surface area contributed by atoms with Crippen LogP contribution < -0.4 is 10.1 Å². The first-order chi connectivity index (χ1) is 10.6. The van der Waals surface area contributed by atoms with E-state index in [1.807, 2.05) is 30.3 Å². The van der Waals surface area contributed by atoms with Crippen LogP contribution in [-0.2, 0) is 11.2 Å². The Balaban J connectivity index is 1.69. The first-order valence-electron chi connectivity index (χ1n) is 7.08. The summed E-state index contributed by atoms with van der Waals surface area (Å²) in [5, 5.41) is 4.01. The maximum absolute atomic E-state index is 12.3. The summed E-state index contributed by atoms with van der Waals surface area (Å²) in [5.74, 6) is 0.800. The number of hydrogen-bond acceptors (Lipinski definition) is 2. The van der Waals surface area contributed by atoms with E-state index in [1.165, 1.54) is 0 Å². The summed E-state index contributed by atoms with van der Waals surface area (Å²) in [7, 11) is 0. The molecule has 1 amide bonds. The van der Waals surface area contributed by atoms with Gasteiger partial charge in [0.15, 0.2) is 0 Å². The number of fused-ring (bicyclic) bond motifs is 1. The zero-order valence-corrected chi connectivity index (χ0v) is 13.3. The molecule has 1 unspecified atom stereocenters. The van der Waals surface area contributed by atoms with Gasteiger partial charge in [0.25, 0.3) is 0 Å². The average Bonchev–Trinajstić information content (AvgIpc) is 2.51. The van der Waals surface area contributed by atoms with E-state index in [0.717, 1.165) is 23.3 Å². The van der Waals surface area contributed by atoms with Crippen molar-refractivity contribution < 1.29 is 9.53 Å². The molecule has 1 N–H and O–H groups in total. The van der Waals surface area contributed by atoms with Crippen molar-refractivity contribution in [2.45, 2.75) is 18.9 Å². The molecular formula is C17H15Cl2NO2. The minimum atomic E-state index is -0.0416. The number of para-hydroxylation sites is 1. The van der Waals surface area contributed by atoms with E-state index >= 15 is 0 Å². The Bertz CT molecular complexity index is 703. The summed E-state index contributed by atoms with van der Waals surface area (Å²) in [4.78, 5) is 12.3. The van der Waals surface area contributed by atoms with Crippen LogP contribution in [-0.4, -0.2) is 12.5 Å². The van der Waals surface area contributed by atoms with Gasteiger partial charge in [-0.2, -0.15) is 0 Å². The van der Waals surface area contributed by atoms with E-state index < -0.39 is 0 Å². The van der Waals surface area contributed by atoms with Gasteiger partial charge in [0, 0.05) is 12.0 Å². The molecule has 0 saturated carbocycles. The molecule has 1 heterocycles. The molecule has 0 saturated heterocycles. The number of amides is 1. The van der Waals surface area contributed by atoms with Gasteiger partial charge in [-0.3, -0.25) is 4.79 Å². The molecule has 1 aliphatic rings. The first kappa shape index (κ1) is 15.2. The molecule has 0 aromatic heterocycles. The van der Waals surface area contributed by atoms with Gasteiger partial charge in [0.1, 0.15) is 5.75 Å². The number of carbonyl (C=O) groups excluding carboxylic acids is 1. The highest BCUT2D eigenvalue weighted by Gasteiger charge is 2.22. The molecular weight excluding hydrogens is 321 g/mol. The molecule has 0 fully saturated rings. The van der Waals surface area contributed by atoms with E-state index in [-0.39, 0.29) is 18.4 Å². The lowest BCUT2D eigenvalue weighted by Crippen LogP contribution is -2.33. The summed E-state index contributed by atoms with van der Waals surface area (Å²) < 4.78 is 5.60. The second kappa shape index (κ2) is 6.59. The van der Waals surface area contributed by atoms with E-state index in [1.54, 1.807) is 12.1 Å². The van der Waals surface area contributed by atoms with Crippen LogP contribution in [0.5, 0.6) is 5.75 Å². The van der Waals surface area contributed by atoms with Gasteiger partial charge < -0.3 is 10.1 Å². The van der Waals surface area contributed by atoms with Crippen molar-refractivity contribution >= 4 is 29.1 Å². The van der Waals surface area contributed by atoms with Crippen LogP contribution in [0.15, 0.2) is 42.5 Å². The Kier molecular flexibility index (Phi) is 4.55. The molecule has 2 aromatic carbocycles. The zero-order valence-electron chi connectivity index (χ0n) is 11.8. The number of benzene rings is 2. The van der Waals surface area contributed by atoms with E-state index in [2.05, 4.69) is 5.32 Å². The number of nitrogens with one attached hydrogen (secondary N) is 1. The minimum Gasteiger partial charge on any atom is -0.493 e. The first-order valence-corrected chi connectivity index (χ1v) is 7.84. The van der Waals surface area contributed by atoms with Crippen molar-refractivity contribution in [3.63, 3.8) is 0 Å². The number of halogens is 2. The molecule has 0 spiro atoms. The minimum absolute atomic E-state index is 0.0137. The predicted molar refractivity (Wildman–Crippen MR) is 87.6 cm³/mol. The predicted octanol–water partition coefficient (Wildman–Crippen LogP) is 4.18. The van der Waals surface area contributed by atoms with Crippen molar-refractivity contribution in [1.29, 1.82) is 0 Å². The fourth-order valence-electron chi connectivity index (χ4n) is 2.57. The number of rotatable bonds is 3. The Morgan fingerprint density at radius 3 is 2.82 bits per heavy atom. The molecule has 22 heavy (non-hydrogen) atoms. The topological polar surface area (TPSA) is 38.3 Å². The van der Waals surface area contributed by atoms with Gasteiger partial charge in [0.05, 0.1) is 29.1 Å². The molecule has 2 aromatic rings. The lowest BCUT2D eigenvalue weighted by molar-refractivity contribution is -0.121. The van der Waals surface area contributed by atoms with Crippen molar-refractivity contribution in [3.8, 4) is 5.75 Å². The molecule has 1 atom stereocenters. The van der Waals surface area contributed by atoms with Crippen molar-refractivity contribution in [2.75, 3.05) is 6.61 Å². The molecule has 3 nitrogen and oxygen atoms in total. The van der Waals surface area contributed by atoms with E-state index in [0.29, 0.717) is 16.7 Å². The van der Waals surface area contributed by atoms with Gasteiger partial charge >= 0.3 is 0 Å².